The van der Waals surface area contributed by atoms with Crippen molar-refractivity contribution in [3.05, 3.63) is 39.4 Å². The normalized spacial score (nSPS) is 21.7. The Labute approximate surface area is 129 Å². The third-order valence-electron chi connectivity index (χ3n) is 4.73. The van der Waals surface area contributed by atoms with Crippen molar-refractivity contribution >= 4 is 11.6 Å². The molecule has 2 aliphatic heterocycles. The van der Waals surface area contributed by atoms with Crippen LogP contribution in [0.15, 0.2) is 18.2 Å². The van der Waals surface area contributed by atoms with Crippen LogP contribution in [0.3, 0.4) is 0 Å². The molecule has 1 amide bonds. The average Bonchev–Trinajstić information content (AvgIpc) is 2.99. The molecule has 0 radical (unpaired) electrons. The van der Waals surface area contributed by atoms with Gasteiger partial charge in [0.05, 0.1) is 11.0 Å². The van der Waals surface area contributed by atoms with Crippen LogP contribution in [0.4, 0.5) is 5.69 Å². The SMILES string of the molecule is CC(=O)N1CCc2ccc([N+](=O)[O-])cc2C1CN1CCCC1. The second kappa shape index (κ2) is 6.04. The summed E-state index contributed by atoms with van der Waals surface area (Å²) in [4.78, 5) is 26.9. The molecule has 1 aromatic carbocycles. The molecule has 2 aliphatic rings. The number of rotatable bonds is 3. The summed E-state index contributed by atoms with van der Waals surface area (Å²) in [6, 6.07) is 5.00. The van der Waals surface area contributed by atoms with E-state index in [2.05, 4.69) is 4.90 Å². The number of nitrogens with zero attached hydrogens (tertiary/aromatic N) is 3. The van der Waals surface area contributed by atoms with Gasteiger partial charge in [0.15, 0.2) is 0 Å². The van der Waals surface area contributed by atoms with Crippen LogP contribution in [0.2, 0.25) is 0 Å². The fourth-order valence-electron chi connectivity index (χ4n) is 3.58. The molecule has 0 bridgehead atoms. The molecule has 3 rings (SSSR count). The van der Waals surface area contributed by atoms with E-state index in [1.807, 2.05) is 11.0 Å². The highest BCUT2D eigenvalue weighted by Crippen LogP contribution is 2.33. The summed E-state index contributed by atoms with van der Waals surface area (Å²) in [7, 11) is 0. The van der Waals surface area contributed by atoms with Crippen molar-refractivity contribution in [2.45, 2.75) is 32.2 Å². The first-order valence-electron chi connectivity index (χ1n) is 7.83. The van der Waals surface area contributed by atoms with Crippen molar-refractivity contribution < 1.29 is 9.72 Å². The summed E-state index contributed by atoms with van der Waals surface area (Å²) >= 11 is 0. The zero-order valence-corrected chi connectivity index (χ0v) is 12.8. The Morgan fingerprint density at radius 2 is 2.05 bits per heavy atom. The van der Waals surface area contributed by atoms with Gasteiger partial charge in [0.2, 0.25) is 5.91 Å². The lowest BCUT2D eigenvalue weighted by atomic mass is 9.91. The topological polar surface area (TPSA) is 66.7 Å². The summed E-state index contributed by atoms with van der Waals surface area (Å²) in [5.41, 5.74) is 2.19. The van der Waals surface area contributed by atoms with Crippen LogP contribution in [0.5, 0.6) is 0 Å². The van der Waals surface area contributed by atoms with E-state index in [0.717, 1.165) is 37.2 Å². The van der Waals surface area contributed by atoms with Crippen molar-refractivity contribution in [1.82, 2.24) is 9.80 Å². The Morgan fingerprint density at radius 3 is 2.68 bits per heavy atom. The van der Waals surface area contributed by atoms with E-state index in [4.69, 9.17) is 0 Å². The highest BCUT2D eigenvalue weighted by Gasteiger charge is 2.32. The van der Waals surface area contributed by atoms with Crippen LogP contribution in [-0.2, 0) is 11.2 Å². The molecule has 6 heteroatoms. The minimum absolute atomic E-state index is 0.0429. The third-order valence-corrected chi connectivity index (χ3v) is 4.73. The molecule has 0 aromatic heterocycles. The Hall–Kier alpha value is -1.95. The molecule has 1 aromatic rings. The quantitative estimate of drug-likeness (QED) is 0.634. The lowest BCUT2D eigenvalue weighted by Gasteiger charge is -2.38. The number of fused-ring (bicyclic) bond motifs is 1. The summed E-state index contributed by atoms with van der Waals surface area (Å²) in [5.74, 6) is 0.0429. The zero-order chi connectivity index (χ0) is 15.7. The fourth-order valence-corrected chi connectivity index (χ4v) is 3.58. The lowest BCUT2D eigenvalue weighted by molar-refractivity contribution is -0.385. The van der Waals surface area contributed by atoms with Crippen molar-refractivity contribution in [3.8, 4) is 0 Å². The van der Waals surface area contributed by atoms with E-state index >= 15 is 0 Å². The Kier molecular flexibility index (Phi) is 4.11. The van der Waals surface area contributed by atoms with Gasteiger partial charge in [-0.1, -0.05) is 6.07 Å². The van der Waals surface area contributed by atoms with E-state index in [0.29, 0.717) is 6.54 Å². The first-order chi connectivity index (χ1) is 10.6. The van der Waals surface area contributed by atoms with Gasteiger partial charge < -0.3 is 9.80 Å². The zero-order valence-electron chi connectivity index (χ0n) is 12.8. The van der Waals surface area contributed by atoms with Crippen molar-refractivity contribution in [3.63, 3.8) is 0 Å². The molecule has 1 atom stereocenters. The molecule has 0 aliphatic carbocycles. The summed E-state index contributed by atoms with van der Waals surface area (Å²) in [6.07, 6.45) is 3.15. The smallest absolute Gasteiger partial charge is 0.269 e. The highest BCUT2D eigenvalue weighted by atomic mass is 16.6. The Morgan fingerprint density at radius 1 is 1.32 bits per heavy atom. The van der Waals surface area contributed by atoms with Gasteiger partial charge in [-0.3, -0.25) is 14.9 Å². The molecule has 0 N–H and O–H groups in total. The molecule has 1 unspecified atom stereocenters. The number of carbonyl (C=O) groups excluding carboxylic acids is 1. The molecule has 6 nitrogen and oxygen atoms in total. The standard InChI is InChI=1S/C16H21N3O3/c1-12(20)18-9-6-13-4-5-14(19(21)22)10-15(13)16(18)11-17-7-2-3-8-17/h4-5,10,16H,2-3,6-9,11H2,1H3. The first kappa shape index (κ1) is 15.0. The van der Waals surface area contributed by atoms with Gasteiger partial charge in [-0.15, -0.1) is 0 Å². The minimum Gasteiger partial charge on any atom is -0.334 e. The highest BCUT2D eigenvalue weighted by molar-refractivity contribution is 5.74. The predicted molar refractivity (Wildman–Crippen MR) is 82.6 cm³/mol. The summed E-state index contributed by atoms with van der Waals surface area (Å²) in [6.45, 7) is 5.14. The van der Waals surface area contributed by atoms with Gasteiger partial charge in [0, 0.05) is 32.1 Å². The van der Waals surface area contributed by atoms with Crippen molar-refractivity contribution in [2.75, 3.05) is 26.2 Å². The van der Waals surface area contributed by atoms with Crippen LogP contribution in [0, 0.1) is 10.1 Å². The van der Waals surface area contributed by atoms with Crippen molar-refractivity contribution in [1.29, 1.82) is 0 Å². The van der Waals surface area contributed by atoms with E-state index in [1.54, 1.807) is 19.1 Å². The number of benzene rings is 1. The number of carbonyl (C=O) groups is 1. The molecule has 0 spiro atoms. The number of nitro groups is 1. The lowest BCUT2D eigenvalue weighted by Crippen LogP contribution is -2.43. The maximum atomic E-state index is 12.0. The largest absolute Gasteiger partial charge is 0.334 e. The van der Waals surface area contributed by atoms with Gasteiger partial charge >= 0.3 is 0 Å². The number of nitro benzene ring substituents is 1. The number of likely N-dealkylation sites (tertiary alicyclic amines) is 1. The van der Waals surface area contributed by atoms with Crippen LogP contribution in [-0.4, -0.2) is 46.8 Å². The maximum absolute atomic E-state index is 12.0. The number of hydrogen-bond donors (Lipinski definition) is 0. The van der Waals surface area contributed by atoms with Crippen LogP contribution in [0.1, 0.15) is 36.9 Å². The minimum atomic E-state index is -0.361. The van der Waals surface area contributed by atoms with Crippen LogP contribution >= 0.6 is 0 Å². The van der Waals surface area contributed by atoms with E-state index < -0.39 is 0 Å². The van der Waals surface area contributed by atoms with Gasteiger partial charge in [-0.25, -0.2) is 0 Å². The molecule has 1 fully saturated rings. The first-order valence-corrected chi connectivity index (χ1v) is 7.83. The Bertz CT molecular complexity index is 596. The Balaban J connectivity index is 1.95. The molecule has 22 heavy (non-hydrogen) atoms. The van der Waals surface area contributed by atoms with E-state index in [1.165, 1.54) is 12.8 Å². The van der Waals surface area contributed by atoms with Crippen LogP contribution in [0.25, 0.3) is 0 Å². The van der Waals surface area contributed by atoms with Gasteiger partial charge in [-0.2, -0.15) is 0 Å². The number of non-ortho nitro benzene ring substituents is 1. The van der Waals surface area contributed by atoms with E-state index in [-0.39, 0.29) is 22.6 Å². The summed E-state index contributed by atoms with van der Waals surface area (Å²) in [5, 5.41) is 11.1. The van der Waals surface area contributed by atoms with Gasteiger partial charge in [0.1, 0.15) is 0 Å². The van der Waals surface area contributed by atoms with Gasteiger partial charge in [-0.05, 0) is 43.5 Å². The number of amides is 1. The second-order valence-electron chi connectivity index (χ2n) is 6.13. The molecular weight excluding hydrogens is 282 g/mol. The second-order valence-corrected chi connectivity index (χ2v) is 6.13. The van der Waals surface area contributed by atoms with Crippen molar-refractivity contribution in [2.24, 2.45) is 0 Å². The van der Waals surface area contributed by atoms with Gasteiger partial charge in [0.25, 0.3) is 5.69 Å². The monoisotopic (exact) mass is 303 g/mol. The third kappa shape index (κ3) is 2.83. The summed E-state index contributed by atoms with van der Waals surface area (Å²) < 4.78 is 0. The molecule has 1 saturated heterocycles. The maximum Gasteiger partial charge on any atom is 0.269 e. The average molecular weight is 303 g/mol. The molecule has 118 valence electrons. The molecule has 0 saturated carbocycles. The van der Waals surface area contributed by atoms with E-state index in [9.17, 15) is 14.9 Å². The predicted octanol–water partition coefficient (Wildman–Crippen LogP) is 2.14. The fraction of sp³-hybridized carbons (Fsp3) is 0.562. The number of hydrogen-bond acceptors (Lipinski definition) is 4. The van der Waals surface area contributed by atoms with Crippen LogP contribution < -0.4 is 0 Å². The molecule has 2 heterocycles. The molecular formula is C16H21N3O3.